The third-order valence-electron chi connectivity index (χ3n) is 2.25. The summed E-state index contributed by atoms with van der Waals surface area (Å²) in [5.41, 5.74) is 5.07. The Hall–Kier alpha value is -2.00. The second kappa shape index (κ2) is 8.44. The number of anilines is 1. The number of carbonyl (C=O) groups is 2. The molecule has 0 atom stereocenters. The van der Waals surface area contributed by atoms with E-state index in [0.29, 0.717) is 0 Å². The summed E-state index contributed by atoms with van der Waals surface area (Å²) in [4.78, 5) is 22.6. The van der Waals surface area contributed by atoms with Crippen LogP contribution in [0.5, 0.6) is 5.75 Å². The minimum Gasteiger partial charge on any atom is -0.482 e. The van der Waals surface area contributed by atoms with E-state index in [-0.39, 0.29) is 36.0 Å². The predicted molar refractivity (Wildman–Crippen MR) is 74.3 cm³/mol. The molecule has 124 valence electrons. The number of nitrogens with one attached hydrogen (secondary N) is 1. The number of methoxy groups -OCH3 is 1. The number of carbonyl (C=O) groups excluding carboxylic acids is 2. The standard InChI is InChI=1S/C12H13F3N2O4.ClH/c1-20-11(19)7-2-3-8(17-10(18)5-16)9(4-7)21-6-12(13,14)15;/h2-4H,5-6,16H2,1H3,(H,17,18);1H. The van der Waals surface area contributed by atoms with Crippen molar-refractivity contribution in [2.45, 2.75) is 6.18 Å². The molecule has 0 saturated heterocycles. The van der Waals surface area contributed by atoms with Crippen LogP contribution in [0.1, 0.15) is 10.4 Å². The Morgan fingerprint density at radius 3 is 2.45 bits per heavy atom. The number of hydrogen-bond donors (Lipinski definition) is 2. The van der Waals surface area contributed by atoms with Crippen LogP contribution in [0.4, 0.5) is 18.9 Å². The van der Waals surface area contributed by atoms with Crippen molar-refractivity contribution in [2.24, 2.45) is 5.73 Å². The van der Waals surface area contributed by atoms with Gasteiger partial charge in [-0.3, -0.25) is 4.79 Å². The van der Waals surface area contributed by atoms with Gasteiger partial charge in [-0.05, 0) is 18.2 Å². The number of alkyl halides is 3. The number of hydrogen-bond acceptors (Lipinski definition) is 5. The smallest absolute Gasteiger partial charge is 0.422 e. The van der Waals surface area contributed by atoms with E-state index in [1.165, 1.54) is 12.1 Å². The van der Waals surface area contributed by atoms with Crippen LogP contribution in [0, 0.1) is 0 Å². The van der Waals surface area contributed by atoms with Gasteiger partial charge in [-0.2, -0.15) is 13.2 Å². The van der Waals surface area contributed by atoms with Crippen LogP contribution in [0.25, 0.3) is 0 Å². The van der Waals surface area contributed by atoms with Gasteiger partial charge in [-0.1, -0.05) is 0 Å². The van der Waals surface area contributed by atoms with Crippen molar-refractivity contribution in [3.63, 3.8) is 0 Å². The number of halogens is 4. The van der Waals surface area contributed by atoms with E-state index in [4.69, 9.17) is 5.73 Å². The van der Waals surface area contributed by atoms with Gasteiger partial charge in [0.2, 0.25) is 5.91 Å². The van der Waals surface area contributed by atoms with Gasteiger partial charge in [0, 0.05) is 0 Å². The fraction of sp³-hybridized carbons (Fsp3) is 0.333. The maximum absolute atomic E-state index is 12.2. The molecule has 1 rings (SSSR count). The first-order chi connectivity index (χ1) is 9.76. The van der Waals surface area contributed by atoms with E-state index in [9.17, 15) is 22.8 Å². The van der Waals surface area contributed by atoms with Crippen molar-refractivity contribution in [2.75, 3.05) is 25.6 Å². The zero-order chi connectivity index (χ0) is 16.0. The molecule has 10 heteroatoms. The Morgan fingerprint density at radius 1 is 1.32 bits per heavy atom. The lowest BCUT2D eigenvalue weighted by Crippen LogP contribution is -2.23. The number of amides is 1. The van der Waals surface area contributed by atoms with Crippen LogP contribution in [0.3, 0.4) is 0 Å². The molecule has 0 spiro atoms. The first-order valence-electron chi connectivity index (χ1n) is 5.68. The molecule has 1 amide bonds. The van der Waals surface area contributed by atoms with Crippen molar-refractivity contribution in [3.8, 4) is 5.75 Å². The lowest BCUT2D eigenvalue weighted by atomic mass is 10.2. The van der Waals surface area contributed by atoms with Crippen molar-refractivity contribution in [1.29, 1.82) is 0 Å². The van der Waals surface area contributed by atoms with Gasteiger partial charge in [-0.25, -0.2) is 4.79 Å². The monoisotopic (exact) mass is 342 g/mol. The highest BCUT2D eigenvalue weighted by atomic mass is 35.5. The van der Waals surface area contributed by atoms with Crippen molar-refractivity contribution >= 4 is 30.0 Å². The van der Waals surface area contributed by atoms with Gasteiger partial charge in [0.1, 0.15) is 5.75 Å². The largest absolute Gasteiger partial charge is 0.482 e. The fourth-order valence-corrected chi connectivity index (χ4v) is 1.35. The summed E-state index contributed by atoms with van der Waals surface area (Å²) in [5.74, 6) is -1.67. The molecule has 0 saturated carbocycles. The van der Waals surface area contributed by atoms with Crippen molar-refractivity contribution in [1.82, 2.24) is 0 Å². The molecule has 3 N–H and O–H groups in total. The third-order valence-corrected chi connectivity index (χ3v) is 2.25. The summed E-state index contributed by atoms with van der Waals surface area (Å²) in [6.07, 6.45) is -4.56. The van der Waals surface area contributed by atoms with Gasteiger partial charge in [0.25, 0.3) is 0 Å². The van der Waals surface area contributed by atoms with Crippen LogP contribution in [-0.2, 0) is 9.53 Å². The van der Waals surface area contributed by atoms with Crippen LogP contribution in [0.2, 0.25) is 0 Å². The molecule has 1 aromatic rings. The zero-order valence-corrected chi connectivity index (χ0v) is 12.2. The van der Waals surface area contributed by atoms with E-state index in [0.717, 1.165) is 13.2 Å². The minimum atomic E-state index is -4.56. The molecule has 0 aliphatic heterocycles. The second-order valence-corrected chi connectivity index (χ2v) is 3.86. The maximum atomic E-state index is 12.2. The predicted octanol–water partition coefficient (Wildman–Crippen LogP) is 1.73. The Bertz CT molecular complexity index is 538. The first kappa shape index (κ1) is 20.0. The average Bonchev–Trinajstić information content (AvgIpc) is 2.44. The average molecular weight is 343 g/mol. The zero-order valence-electron chi connectivity index (χ0n) is 11.4. The molecule has 0 heterocycles. The van der Waals surface area contributed by atoms with Gasteiger partial charge in [0.15, 0.2) is 6.61 Å². The molecule has 22 heavy (non-hydrogen) atoms. The van der Waals surface area contributed by atoms with Gasteiger partial charge in [-0.15, -0.1) is 12.4 Å². The highest BCUT2D eigenvalue weighted by molar-refractivity contribution is 5.95. The molecule has 0 fully saturated rings. The van der Waals surface area contributed by atoms with Gasteiger partial charge >= 0.3 is 12.1 Å². The fourth-order valence-electron chi connectivity index (χ4n) is 1.35. The molecule has 1 aromatic carbocycles. The van der Waals surface area contributed by atoms with Crippen LogP contribution < -0.4 is 15.8 Å². The Kier molecular flexibility index (Phi) is 7.68. The first-order valence-corrected chi connectivity index (χ1v) is 5.68. The van der Waals surface area contributed by atoms with Crippen LogP contribution in [0.15, 0.2) is 18.2 Å². The Labute approximate surface area is 130 Å². The molecular weight excluding hydrogens is 329 g/mol. The Balaban J connectivity index is 0.00000441. The number of rotatable bonds is 5. The summed E-state index contributed by atoms with van der Waals surface area (Å²) in [5, 5.41) is 2.27. The molecule has 0 aliphatic carbocycles. The maximum Gasteiger partial charge on any atom is 0.422 e. The topological polar surface area (TPSA) is 90.7 Å². The number of nitrogens with two attached hydrogens (primary N) is 1. The normalized spacial score (nSPS) is 10.4. The van der Waals surface area contributed by atoms with E-state index >= 15 is 0 Å². The summed E-state index contributed by atoms with van der Waals surface area (Å²) in [7, 11) is 1.13. The van der Waals surface area contributed by atoms with E-state index < -0.39 is 24.7 Å². The SMILES string of the molecule is COC(=O)c1ccc(NC(=O)CN)c(OCC(F)(F)F)c1.Cl. The van der Waals surface area contributed by atoms with Gasteiger partial charge < -0.3 is 20.5 Å². The molecule has 0 aromatic heterocycles. The van der Waals surface area contributed by atoms with Crippen LogP contribution in [-0.4, -0.2) is 38.3 Å². The quantitative estimate of drug-likeness (QED) is 0.795. The molecule has 6 nitrogen and oxygen atoms in total. The van der Waals surface area contributed by atoms with E-state index in [1.54, 1.807) is 0 Å². The second-order valence-electron chi connectivity index (χ2n) is 3.86. The van der Waals surface area contributed by atoms with E-state index in [1.807, 2.05) is 0 Å². The number of benzene rings is 1. The lowest BCUT2D eigenvalue weighted by molar-refractivity contribution is -0.153. The van der Waals surface area contributed by atoms with E-state index in [2.05, 4.69) is 14.8 Å². The summed E-state index contributed by atoms with van der Waals surface area (Å²) < 4.78 is 45.7. The van der Waals surface area contributed by atoms with Gasteiger partial charge in [0.05, 0.1) is 24.9 Å². The molecular formula is C12H14ClF3N2O4. The van der Waals surface area contributed by atoms with Crippen LogP contribution >= 0.6 is 12.4 Å². The third kappa shape index (κ3) is 6.19. The summed E-state index contributed by atoms with van der Waals surface area (Å²) in [6, 6.07) is 3.55. The minimum absolute atomic E-state index is 0. The summed E-state index contributed by atoms with van der Waals surface area (Å²) in [6.45, 7) is -1.92. The molecule has 0 unspecified atom stereocenters. The lowest BCUT2D eigenvalue weighted by Gasteiger charge is -2.14. The summed E-state index contributed by atoms with van der Waals surface area (Å²) >= 11 is 0. The molecule has 0 aliphatic rings. The van der Waals surface area contributed by atoms with Crippen molar-refractivity contribution in [3.05, 3.63) is 23.8 Å². The number of esters is 1. The molecule has 0 bridgehead atoms. The van der Waals surface area contributed by atoms with Crippen molar-refractivity contribution < 1.29 is 32.2 Å². The Morgan fingerprint density at radius 2 is 1.95 bits per heavy atom. The highest BCUT2D eigenvalue weighted by Gasteiger charge is 2.29. The number of ether oxygens (including phenoxy) is 2. The molecule has 0 radical (unpaired) electrons. The highest BCUT2D eigenvalue weighted by Crippen LogP contribution is 2.28.